The Balaban J connectivity index is 1.62. The van der Waals surface area contributed by atoms with E-state index in [1.807, 2.05) is 12.1 Å². The van der Waals surface area contributed by atoms with Gasteiger partial charge in [-0.05, 0) is 91.5 Å². The molecule has 3 aromatic rings. The summed E-state index contributed by atoms with van der Waals surface area (Å²) < 4.78 is 7.08. The van der Waals surface area contributed by atoms with Crippen LogP contribution < -0.4 is 15.0 Å². The number of nitrogens with zero attached hydrogens (tertiary/aromatic N) is 1. The number of halogens is 5. The molecule has 178 valence electrons. The quantitative estimate of drug-likeness (QED) is 0.229. The molecule has 0 aliphatic carbocycles. The van der Waals surface area contributed by atoms with Crippen LogP contribution in [0.1, 0.15) is 11.1 Å². The van der Waals surface area contributed by atoms with Gasteiger partial charge in [-0.2, -0.15) is 0 Å². The van der Waals surface area contributed by atoms with Crippen molar-refractivity contribution in [1.29, 1.82) is 0 Å². The Bertz CT molecular complexity index is 1390. The van der Waals surface area contributed by atoms with E-state index in [0.29, 0.717) is 25.3 Å². The predicted molar refractivity (Wildman–Crippen MR) is 143 cm³/mol. The van der Waals surface area contributed by atoms with Crippen LogP contribution in [0.2, 0.25) is 15.1 Å². The lowest BCUT2D eigenvalue weighted by molar-refractivity contribution is -0.122. The normalized spacial score (nSPS) is 14.9. The Hall–Kier alpha value is -2.36. The van der Waals surface area contributed by atoms with Crippen molar-refractivity contribution in [3.8, 4) is 5.75 Å². The van der Waals surface area contributed by atoms with E-state index in [-0.39, 0.29) is 27.9 Å². The fraction of sp³-hybridized carbons (Fsp3) is 0.0417. The van der Waals surface area contributed by atoms with Crippen molar-refractivity contribution in [1.82, 2.24) is 5.32 Å². The number of amides is 4. The third kappa shape index (κ3) is 5.73. The monoisotopic (exact) mass is 656 g/mol. The van der Waals surface area contributed by atoms with Gasteiger partial charge in [0.25, 0.3) is 11.8 Å². The van der Waals surface area contributed by atoms with Gasteiger partial charge in [0.2, 0.25) is 0 Å². The molecule has 4 amide bonds. The number of benzene rings is 3. The van der Waals surface area contributed by atoms with Crippen molar-refractivity contribution in [2.45, 2.75) is 6.61 Å². The summed E-state index contributed by atoms with van der Waals surface area (Å²) in [5.41, 5.74) is 1.34. The number of urea groups is 1. The highest BCUT2D eigenvalue weighted by atomic mass is 79.9. The number of imide groups is 2. The Morgan fingerprint density at radius 1 is 0.914 bits per heavy atom. The fourth-order valence-corrected chi connectivity index (χ4v) is 5.22. The summed E-state index contributed by atoms with van der Waals surface area (Å²) in [4.78, 5) is 38.8. The van der Waals surface area contributed by atoms with E-state index in [4.69, 9.17) is 39.5 Å². The van der Waals surface area contributed by atoms with Gasteiger partial charge in [-0.15, -0.1) is 0 Å². The van der Waals surface area contributed by atoms with E-state index in [2.05, 4.69) is 37.2 Å². The van der Waals surface area contributed by atoms with Crippen LogP contribution >= 0.6 is 66.7 Å². The lowest BCUT2D eigenvalue weighted by atomic mass is 10.1. The lowest BCUT2D eigenvalue weighted by Gasteiger charge is -2.26. The summed E-state index contributed by atoms with van der Waals surface area (Å²) in [5.74, 6) is -1.09. The van der Waals surface area contributed by atoms with Gasteiger partial charge in [-0.25, -0.2) is 9.69 Å². The maximum Gasteiger partial charge on any atom is 0.335 e. The van der Waals surface area contributed by atoms with Gasteiger partial charge in [-0.1, -0.05) is 46.9 Å². The first-order chi connectivity index (χ1) is 16.6. The highest BCUT2D eigenvalue weighted by Crippen LogP contribution is 2.36. The third-order valence-electron chi connectivity index (χ3n) is 4.87. The average molecular weight is 660 g/mol. The van der Waals surface area contributed by atoms with E-state index in [0.717, 1.165) is 10.5 Å². The molecule has 0 radical (unpaired) electrons. The number of carbonyl (C=O) groups is 3. The van der Waals surface area contributed by atoms with Crippen LogP contribution in [0.3, 0.4) is 0 Å². The Kier molecular flexibility index (Phi) is 7.88. The van der Waals surface area contributed by atoms with Gasteiger partial charge in [0.15, 0.2) is 0 Å². The largest absolute Gasteiger partial charge is 0.487 e. The molecule has 0 spiro atoms. The van der Waals surface area contributed by atoms with Crippen LogP contribution in [0.15, 0.2) is 69.1 Å². The maximum atomic E-state index is 13.1. The second kappa shape index (κ2) is 10.7. The molecule has 11 heteroatoms. The second-order valence-electron chi connectivity index (χ2n) is 7.29. The number of ether oxygens (including phenoxy) is 1. The van der Waals surface area contributed by atoms with Crippen LogP contribution in [-0.2, 0) is 16.2 Å². The molecule has 3 aromatic carbocycles. The number of rotatable bonds is 5. The molecule has 1 aliphatic heterocycles. The van der Waals surface area contributed by atoms with Gasteiger partial charge in [0.05, 0.1) is 24.7 Å². The van der Waals surface area contributed by atoms with E-state index in [1.54, 1.807) is 24.3 Å². The molecule has 0 saturated carbocycles. The number of barbiturate groups is 1. The topological polar surface area (TPSA) is 75.7 Å². The average Bonchev–Trinajstić information content (AvgIpc) is 2.78. The standard InChI is InChI=1S/C24H13Br2Cl3N2O4/c25-17-8-13(9-18(26)21(17)35-11-12-2-1-3-14(27)6-12)7-16-22(32)30-24(34)31(23(16)33)15-4-5-19(28)20(29)10-15/h1-10H,11H2,(H,30,32,34)/b16-7+. The number of hydrogen-bond acceptors (Lipinski definition) is 4. The van der Waals surface area contributed by atoms with Crippen molar-refractivity contribution in [3.63, 3.8) is 0 Å². The van der Waals surface area contributed by atoms with E-state index in [1.165, 1.54) is 24.3 Å². The molecule has 1 N–H and O–H groups in total. The van der Waals surface area contributed by atoms with Gasteiger partial charge in [0.1, 0.15) is 17.9 Å². The minimum absolute atomic E-state index is 0.161. The molecule has 35 heavy (non-hydrogen) atoms. The second-order valence-corrected chi connectivity index (χ2v) is 10.2. The summed E-state index contributed by atoms with van der Waals surface area (Å²) >= 11 is 24.9. The number of anilines is 1. The molecule has 1 fully saturated rings. The molecule has 0 aromatic heterocycles. The number of carbonyl (C=O) groups excluding carboxylic acids is 3. The van der Waals surface area contributed by atoms with Gasteiger partial charge < -0.3 is 4.74 Å². The molecule has 1 heterocycles. The first-order valence-corrected chi connectivity index (χ1v) is 12.6. The van der Waals surface area contributed by atoms with Crippen molar-refractivity contribution in [2.75, 3.05) is 4.90 Å². The van der Waals surface area contributed by atoms with Crippen molar-refractivity contribution >= 4 is 96.3 Å². The summed E-state index contributed by atoms with van der Waals surface area (Å²) in [6.07, 6.45) is 1.38. The summed E-state index contributed by atoms with van der Waals surface area (Å²) in [7, 11) is 0. The summed E-state index contributed by atoms with van der Waals surface area (Å²) in [6, 6.07) is 14.1. The molecule has 6 nitrogen and oxygen atoms in total. The molecular formula is C24H13Br2Cl3N2O4. The highest BCUT2D eigenvalue weighted by Gasteiger charge is 2.37. The molecule has 1 aliphatic rings. The molecule has 0 bridgehead atoms. The first-order valence-electron chi connectivity index (χ1n) is 9.87. The van der Waals surface area contributed by atoms with E-state index < -0.39 is 17.8 Å². The van der Waals surface area contributed by atoms with E-state index in [9.17, 15) is 14.4 Å². The van der Waals surface area contributed by atoms with Crippen molar-refractivity contribution in [2.24, 2.45) is 0 Å². The van der Waals surface area contributed by atoms with Crippen LogP contribution in [0.5, 0.6) is 5.75 Å². The van der Waals surface area contributed by atoms with Gasteiger partial charge in [-0.3, -0.25) is 14.9 Å². The maximum absolute atomic E-state index is 13.1. The number of hydrogen-bond donors (Lipinski definition) is 1. The molecule has 0 unspecified atom stereocenters. The zero-order chi connectivity index (χ0) is 25.3. The first kappa shape index (κ1) is 25.7. The van der Waals surface area contributed by atoms with Crippen LogP contribution in [0.25, 0.3) is 6.08 Å². The number of nitrogens with one attached hydrogen (secondary N) is 1. The Labute approximate surface area is 232 Å². The SMILES string of the molecule is O=C1NC(=O)N(c2ccc(Cl)c(Cl)c2)C(=O)/C1=C/c1cc(Br)c(OCc2cccc(Cl)c2)c(Br)c1. The molecule has 4 rings (SSSR count). The van der Waals surface area contributed by atoms with Crippen LogP contribution in [-0.4, -0.2) is 17.8 Å². The minimum atomic E-state index is -0.886. The predicted octanol–water partition coefficient (Wildman–Crippen LogP) is 7.42. The Morgan fingerprint density at radius 2 is 1.63 bits per heavy atom. The highest BCUT2D eigenvalue weighted by molar-refractivity contribution is 9.11. The smallest absolute Gasteiger partial charge is 0.335 e. The zero-order valence-corrected chi connectivity index (χ0v) is 22.9. The minimum Gasteiger partial charge on any atom is -0.487 e. The van der Waals surface area contributed by atoms with Crippen LogP contribution in [0.4, 0.5) is 10.5 Å². The fourth-order valence-electron chi connectivity index (χ4n) is 3.27. The lowest BCUT2D eigenvalue weighted by Crippen LogP contribution is -2.54. The van der Waals surface area contributed by atoms with Gasteiger partial charge >= 0.3 is 6.03 Å². The molecule has 1 saturated heterocycles. The van der Waals surface area contributed by atoms with E-state index >= 15 is 0 Å². The van der Waals surface area contributed by atoms with Crippen molar-refractivity contribution < 1.29 is 19.1 Å². The Morgan fingerprint density at radius 3 is 2.29 bits per heavy atom. The summed E-state index contributed by atoms with van der Waals surface area (Å²) in [5, 5.41) is 3.20. The van der Waals surface area contributed by atoms with Gasteiger partial charge in [0, 0.05) is 5.02 Å². The molecular weight excluding hydrogens is 646 g/mol. The van der Waals surface area contributed by atoms with Crippen LogP contribution in [0, 0.1) is 0 Å². The molecule has 0 atom stereocenters. The zero-order valence-electron chi connectivity index (χ0n) is 17.5. The van der Waals surface area contributed by atoms with Crippen molar-refractivity contribution in [3.05, 3.63) is 95.3 Å². The third-order valence-corrected chi connectivity index (χ3v) is 7.02. The summed E-state index contributed by atoms with van der Waals surface area (Å²) in [6.45, 7) is 0.278.